The zero-order valence-electron chi connectivity index (χ0n) is 9.27. The molecule has 0 radical (unpaired) electrons. The van der Waals surface area contributed by atoms with Gasteiger partial charge in [0.15, 0.2) is 0 Å². The predicted molar refractivity (Wildman–Crippen MR) is 72.7 cm³/mol. The lowest BCUT2D eigenvalue weighted by Crippen LogP contribution is -2.25. The first kappa shape index (κ1) is 14.1. The fourth-order valence-corrected chi connectivity index (χ4v) is 2.15. The van der Waals surface area contributed by atoms with E-state index in [1.807, 2.05) is 18.2 Å². The molecule has 0 bridgehead atoms. The number of rotatable bonds is 6. The molecule has 4 heteroatoms. The summed E-state index contributed by atoms with van der Waals surface area (Å²) in [5, 5.41) is 4.81. The Bertz CT molecular complexity index is 308. The van der Waals surface area contributed by atoms with Gasteiger partial charge in [0.05, 0.1) is 0 Å². The standard InChI is InChI=1S/C12H16Cl3N/c1-9(4-3-7-13)16-8-10-11(14)5-2-6-12(10)15/h2,5-6,9,16H,3-4,7-8H2,1H3. The normalized spacial score (nSPS) is 12.8. The molecule has 16 heavy (non-hydrogen) atoms. The van der Waals surface area contributed by atoms with Crippen LogP contribution in [0.4, 0.5) is 0 Å². The van der Waals surface area contributed by atoms with Crippen molar-refractivity contribution in [2.45, 2.75) is 32.4 Å². The molecule has 1 N–H and O–H groups in total. The molecular weight excluding hydrogens is 264 g/mol. The fraction of sp³-hybridized carbons (Fsp3) is 0.500. The largest absolute Gasteiger partial charge is 0.310 e. The minimum atomic E-state index is 0.422. The minimum absolute atomic E-state index is 0.422. The zero-order valence-corrected chi connectivity index (χ0v) is 11.5. The van der Waals surface area contributed by atoms with Gasteiger partial charge in [-0.1, -0.05) is 29.3 Å². The molecule has 1 aromatic carbocycles. The molecule has 0 aliphatic rings. The van der Waals surface area contributed by atoms with Crippen molar-refractivity contribution in [1.29, 1.82) is 0 Å². The zero-order chi connectivity index (χ0) is 12.0. The van der Waals surface area contributed by atoms with Gasteiger partial charge in [-0.05, 0) is 31.9 Å². The van der Waals surface area contributed by atoms with Crippen LogP contribution in [0.25, 0.3) is 0 Å². The van der Waals surface area contributed by atoms with E-state index in [0.717, 1.165) is 18.4 Å². The highest BCUT2D eigenvalue weighted by molar-refractivity contribution is 6.35. The van der Waals surface area contributed by atoms with Crippen LogP contribution in [0.1, 0.15) is 25.3 Å². The van der Waals surface area contributed by atoms with Crippen molar-refractivity contribution in [3.8, 4) is 0 Å². The van der Waals surface area contributed by atoms with Crippen molar-refractivity contribution in [3.05, 3.63) is 33.8 Å². The molecule has 0 saturated heterocycles. The Labute approximate surface area is 112 Å². The second-order valence-corrected chi connectivity index (χ2v) is 5.01. The summed E-state index contributed by atoms with van der Waals surface area (Å²) >= 11 is 17.8. The lowest BCUT2D eigenvalue weighted by molar-refractivity contribution is 0.509. The van der Waals surface area contributed by atoms with E-state index in [4.69, 9.17) is 34.8 Å². The van der Waals surface area contributed by atoms with Gasteiger partial charge in [-0.2, -0.15) is 0 Å². The summed E-state index contributed by atoms with van der Waals surface area (Å²) < 4.78 is 0. The van der Waals surface area contributed by atoms with E-state index in [1.54, 1.807) is 0 Å². The molecule has 1 nitrogen and oxygen atoms in total. The van der Waals surface area contributed by atoms with Crippen LogP contribution < -0.4 is 5.32 Å². The quantitative estimate of drug-likeness (QED) is 0.757. The van der Waals surface area contributed by atoms with Gasteiger partial charge in [-0.25, -0.2) is 0 Å². The van der Waals surface area contributed by atoms with Crippen LogP contribution in [0.2, 0.25) is 10.0 Å². The van der Waals surface area contributed by atoms with Crippen LogP contribution in [0, 0.1) is 0 Å². The van der Waals surface area contributed by atoms with Gasteiger partial charge in [0.25, 0.3) is 0 Å². The Balaban J connectivity index is 2.48. The lowest BCUT2D eigenvalue weighted by atomic mass is 10.1. The Morgan fingerprint density at radius 1 is 1.25 bits per heavy atom. The molecule has 0 saturated carbocycles. The maximum atomic E-state index is 6.07. The maximum Gasteiger partial charge on any atom is 0.0465 e. The van der Waals surface area contributed by atoms with Gasteiger partial charge in [0.1, 0.15) is 0 Å². The van der Waals surface area contributed by atoms with Crippen LogP contribution >= 0.6 is 34.8 Å². The SMILES string of the molecule is CC(CCCCl)NCc1c(Cl)cccc1Cl. The molecule has 0 aromatic heterocycles. The third kappa shape index (κ3) is 4.50. The summed E-state index contributed by atoms with van der Waals surface area (Å²) in [6, 6.07) is 5.98. The summed E-state index contributed by atoms with van der Waals surface area (Å²) in [5.74, 6) is 0.707. The van der Waals surface area contributed by atoms with E-state index in [9.17, 15) is 0 Å². The van der Waals surface area contributed by atoms with Crippen molar-refractivity contribution in [3.63, 3.8) is 0 Å². The first-order valence-electron chi connectivity index (χ1n) is 5.37. The molecule has 1 rings (SSSR count). The molecule has 0 aliphatic carbocycles. The van der Waals surface area contributed by atoms with E-state index in [0.29, 0.717) is 28.5 Å². The van der Waals surface area contributed by atoms with E-state index in [1.165, 1.54) is 0 Å². The van der Waals surface area contributed by atoms with Crippen molar-refractivity contribution >= 4 is 34.8 Å². The monoisotopic (exact) mass is 279 g/mol. The minimum Gasteiger partial charge on any atom is -0.310 e. The van der Waals surface area contributed by atoms with Gasteiger partial charge in [-0.3, -0.25) is 0 Å². The average Bonchev–Trinajstić information content (AvgIpc) is 2.25. The molecule has 0 amide bonds. The second-order valence-electron chi connectivity index (χ2n) is 3.81. The smallest absolute Gasteiger partial charge is 0.0465 e. The topological polar surface area (TPSA) is 12.0 Å². The summed E-state index contributed by atoms with van der Waals surface area (Å²) in [6.07, 6.45) is 2.08. The molecule has 0 fully saturated rings. The fourth-order valence-electron chi connectivity index (χ4n) is 1.46. The number of nitrogens with one attached hydrogen (secondary N) is 1. The van der Waals surface area contributed by atoms with Crippen LogP contribution in [0.5, 0.6) is 0 Å². The number of alkyl halides is 1. The van der Waals surface area contributed by atoms with Crippen LogP contribution in [0.3, 0.4) is 0 Å². The number of halogens is 3. The second kappa shape index (κ2) is 7.39. The molecule has 0 heterocycles. The highest BCUT2D eigenvalue weighted by Crippen LogP contribution is 2.24. The summed E-state index contributed by atoms with van der Waals surface area (Å²) in [6.45, 7) is 2.83. The van der Waals surface area contributed by atoms with Gasteiger partial charge >= 0.3 is 0 Å². The Morgan fingerprint density at radius 2 is 1.88 bits per heavy atom. The highest BCUT2D eigenvalue weighted by Gasteiger charge is 2.07. The third-order valence-electron chi connectivity index (χ3n) is 2.46. The Morgan fingerprint density at radius 3 is 2.44 bits per heavy atom. The molecule has 1 unspecified atom stereocenters. The maximum absolute atomic E-state index is 6.07. The average molecular weight is 281 g/mol. The highest BCUT2D eigenvalue weighted by atomic mass is 35.5. The van der Waals surface area contributed by atoms with Crippen LogP contribution in [-0.2, 0) is 6.54 Å². The van der Waals surface area contributed by atoms with E-state index >= 15 is 0 Å². The number of hydrogen-bond acceptors (Lipinski definition) is 1. The molecule has 1 atom stereocenters. The van der Waals surface area contributed by atoms with E-state index in [2.05, 4.69) is 12.2 Å². The number of hydrogen-bond donors (Lipinski definition) is 1. The molecule has 0 spiro atoms. The van der Waals surface area contributed by atoms with Gasteiger partial charge in [0, 0.05) is 34.1 Å². The van der Waals surface area contributed by atoms with Crippen molar-refractivity contribution in [2.24, 2.45) is 0 Å². The molecule has 0 aliphatic heterocycles. The molecule has 1 aromatic rings. The van der Waals surface area contributed by atoms with Crippen molar-refractivity contribution < 1.29 is 0 Å². The first-order valence-corrected chi connectivity index (χ1v) is 6.66. The van der Waals surface area contributed by atoms with Gasteiger partial charge in [-0.15, -0.1) is 11.6 Å². The molecular formula is C12H16Cl3N. The Hall–Kier alpha value is 0.0500. The third-order valence-corrected chi connectivity index (χ3v) is 3.44. The number of benzene rings is 1. The Kier molecular flexibility index (Phi) is 6.52. The first-order chi connectivity index (χ1) is 7.65. The van der Waals surface area contributed by atoms with Crippen LogP contribution in [-0.4, -0.2) is 11.9 Å². The van der Waals surface area contributed by atoms with E-state index in [-0.39, 0.29) is 0 Å². The summed E-state index contributed by atoms with van der Waals surface area (Å²) in [7, 11) is 0. The lowest BCUT2D eigenvalue weighted by Gasteiger charge is -2.14. The van der Waals surface area contributed by atoms with Crippen LogP contribution in [0.15, 0.2) is 18.2 Å². The van der Waals surface area contributed by atoms with E-state index < -0.39 is 0 Å². The predicted octanol–water partition coefficient (Wildman–Crippen LogP) is 4.49. The van der Waals surface area contributed by atoms with Crippen molar-refractivity contribution in [2.75, 3.05) is 5.88 Å². The summed E-state index contributed by atoms with van der Waals surface area (Å²) in [5.41, 5.74) is 0.962. The molecule has 90 valence electrons. The van der Waals surface area contributed by atoms with Gasteiger partial charge in [0.2, 0.25) is 0 Å². The van der Waals surface area contributed by atoms with Gasteiger partial charge < -0.3 is 5.32 Å². The van der Waals surface area contributed by atoms with Crippen molar-refractivity contribution in [1.82, 2.24) is 5.32 Å². The summed E-state index contributed by atoms with van der Waals surface area (Å²) in [4.78, 5) is 0.